The first-order valence-electron chi connectivity index (χ1n) is 14.9. The molecule has 5 rings (SSSR count). The number of fused-ring (bicyclic) bond motifs is 1. The van der Waals surface area contributed by atoms with Crippen molar-refractivity contribution in [2.45, 2.75) is 57.0 Å². The number of carbonyl (C=O) groups excluding carboxylic acids is 1. The predicted octanol–water partition coefficient (Wildman–Crippen LogP) is 7.24. The van der Waals surface area contributed by atoms with Crippen molar-refractivity contribution in [1.82, 2.24) is 19.7 Å². The Labute approximate surface area is 253 Å². The number of aromatic nitrogens is 3. The maximum atomic E-state index is 12.3. The van der Waals surface area contributed by atoms with Crippen molar-refractivity contribution in [2.75, 3.05) is 48.7 Å². The summed E-state index contributed by atoms with van der Waals surface area (Å²) in [5.41, 5.74) is 3.93. The molecule has 1 aliphatic rings. The number of pyridine rings is 1. The van der Waals surface area contributed by atoms with Crippen molar-refractivity contribution < 1.29 is 9.53 Å². The highest BCUT2D eigenvalue weighted by atomic mass is 32.2. The first-order chi connectivity index (χ1) is 20.4. The number of unbranched alkanes of at least 4 members (excludes halogenated alkanes) is 3. The molecule has 42 heavy (non-hydrogen) atoms. The highest BCUT2D eigenvalue weighted by Crippen LogP contribution is 2.29. The zero-order chi connectivity index (χ0) is 29.4. The Kier molecular flexibility index (Phi) is 9.89. The van der Waals surface area contributed by atoms with Crippen LogP contribution in [0.15, 0.2) is 78.1 Å². The van der Waals surface area contributed by atoms with Crippen molar-refractivity contribution in [3.05, 3.63) is 73.2 Å². The Morgan fingerprint density at radius 1 is 0.929 bits per heavy atom. The molecule has 3 heterocycles. The normalized spacial score (nSPS) is 13.9. The van der Waals surface area contributed by atoms with Crippen LogP contribution in [-0.4, -0.2) is 69.8 Å². The van der Waals surface area contributed by atoms with Gasteiger partial charge in [-0.1, -0.05) is 12.8 Å². The van der Waals surface area contributed by atoms with E-state index in [4.69, 9.17) is 4.74 Å². The lowest BCUT2D eigenvalue weighted by Crippen LogP contribution is -2.50. The first-order valence-corrected chi connectivity index (χ1v) is 15.9. The second kappa shape index (κ2) is 14.0. The lowest BCUT2D eigenvalue weighted by Gasteiger charge is -2.36. The number of carbonyl (C=O) groups is 1. The molecule has 2 aromatic carbocycles. The Morgan fingerprint density at radius 2 is 1.69 bits per heavy atom. The smallest absolute Gasteiger partial charge is 0.410 e. The Morgan fingerprint density at radius 3 is 2.43 bits per heavy atom. The highest BCUT2D eigenvalue weighted by molar-refractivity contribution is 7.99. The van der Waals surface area contributed by atoms with Crippen molar-refractivity contribution in [1.29, 1.82) is 0 Å². The summed E-state index contributed by atoms with van der Waals surface area (Å²) in [6, 6.07) is 19.1. The Bertz CT molecular complexity index is 1430. The molecule has 2 aromatic heterocycles. The van der Waals surface area contributed by atoms with E-state index < -0.39 is 5.60 Å². The van der Waals surface area contributed by atoms with E-state index in [0.717, 1.165) is 48.7 Å². The quantitative estimate of drug-likeness (QED) is 0.147. The van der Waals surface area contributed by atoms with E-state index in [9.17, 15) is 4.79 Å². The van der Waals surface area contributed by atoms with E-state index in [2.05, 4.69) is 68.8 Å². The number of benzene rings is 2. The van der Waals surface area contributed by atoms with Crippen LogP contribution >= 0.6 is 11.8 Å². The standard InChI is InChI=1S/C33H42N6O2S/c1-33(2,3)41-32(40)38-22-20-37(21-23-38)27-11-9-26(10-12-27)34-16-6-4-5-7-24-42-31-15-18-35-30-25-28(13-14-29(30)31)39-19-8-17-36-39/h8-15,17-19,25,34H,4-7,16,20-24H2,1-3H3. The zero-order valence-corrected chi connectivity index (χ0v) is 25.8. The molecule has 0 spiro atoms. The summed E-state index contributed by atoms with van der Waals surface area (Å²) in [6.45, 7) is 9.68. The second-order valence-corrected chi connectivity index (χ2v) is 12.8. The van der Waals surface area contributed by atoms with E-state index in [-0.39, 0.29) is 6.09 Å². The average molecular weight is 587 g/mol. The third-order valence-electron chi connectivity index (χ3n) is 7.28. The van der Waals surface area contributed by atoms with Crippen LogP contribution in [0.4, 0.5) is 16.2 Å². The number of hydrogen-bond donors (Lipinski definition) is 1. The maximum Gasteiger partial charge on any atom is 0.410 e. The van der Waals surface area contributed by atoms with Crippen LogP contribution in [0.3, 0.4) is 0 Å². The van der Waals surface area contributed by atoms with Gasteiger partial charge in [-0.2, -0.15) is 5.10 Å². The summed E-state index contributed by atoms with van der Waals surface area (Å²) >= 11 is 1.92. The third-order valence-corrected chi connectivity index (χ3v) is 8.44. The molecule has 1 fully saturated rings. The summed E-state index contributed by atoms with van der Waals surface area (Å²) in [7, 11) is 0. The van der Waals surface area contributed by atoms with Gasteiger partial charge in [-0.05, 0) is 94.0 Å². The first kappa shape index (κ1) is 29.8. The highest BCUT2D eigenvalue weighted by Gasteiger charge is 2.25. The average Bonchev–Trinajstić information content (AvgIpc) is 3.53. The molecule has 1 saturated heterocycles. The molecule has 1 aliphatic heterocycles. The lowest BCUT2D eigenvalue weighted by atomic mass is 10.2. The van der Waals surface area contributed by atoms with Gasteiger partial charge < -0.3 is 19.9 Å². The Hall–Kier alpha value is -3.72. The molecule has 222 valence electrons. The summed E-state index contributed by atoms with van der Waals surface area (Å²) < 4.78 is 7.37. The lowest BCUT2D eigenvalue weighted by molar-refractivity contribution is 0.0240. The molecule has 0 unspecified atom stereocenters. The van der Waals surface area contributed by atoms with E-state index in [0.29, 0.717) is 13.1 Å². The van der Waals surface area contributed by atoms with Crippen LogP contribution < -0.4 is 10.2 Å². The molecule has 0 saturated carbocycles. The fourth-order valence-electron chi connectivity index (χ4n) is 5.06. The number of nitrogens with zero attached hydrogens (tertiary/aromatic N) is 5. The molecule has 0 radical (unpaired) electrons. The van der Waals surface area contributed by atoms with Crippen LogP contribution in [0.5, 0.6) is 0 Å². The van der Waals surface area contributed by atoms with Gasteiger partial charge in [-0.15, -0.1) is 11.8 Å². The fraction of sp³-hybridized carbons (Fsp3) is 0.424. The molecule has 8 nitrogen and oxygen atoms in total. The third kappa shape index (κ3) is 8.18. The number of nitrogens with one attached hydrogen (secondary N) is 1. The van der Waals surface area contributed by atoms with Gasteiger partial charge in [0.15, 0.2) is 0 Å². The number of rotatable bonds is 11. The van der Waals surface area contributed by atoms with Crippen LogP contribution in [0.1, 0.15) is 46.5 Å². The van der Waals surface area contributed by atoms with E-state index in [1.165, 1.54) is 35.2 Å². The van der Waals surface area contributed by atoms with Gasteiger partial charge in [0.05, 0.1) is 11.2 Å². The van der Waals surface area contributed by atoms with Gasteiger partial charge in [-0.3, -0.25) is 4.98 Å². The predicted molar refractivity (Wildman–Crippen MR) is 173 cm³/mol. The van der Waals surface area contributed by atoms with Gasteiger partial charge in [0, 0.05) is 73.0 Å². The summed E-state index contributed by atoms with van der Waals surface area (Å²) in [5, 5.41) is 9.09. The minimum absolute atomic E-state index is 0.219. The fourth-order valence-corrected chi connectivity index (χ4v) is 6.11. The topological polar surface area (TPSA) is 75.5 Å². The van der Waals surface area contributed by atoms with Gasteiger partial charge in [-0.25, -0.2) is 9.48 Å². The minimum Gasteiger partial charge on any atom is -0.444 e. The number of thioether (sulfide) groups is 1. The van der Waals surface area contributed by atoms with Gasteiger partial charge in [0.25, 0.3) is 0 Å². The van der Waals surface area contributed by atoms with E-state index in [1.807, 2.05) is 55.7 Å². The monoisotopic (exact) mass is 586 g/mol. The number of hydrogen-bond acceptors (Lipinski definition) is 7. The number of ether oxygens (including phenoxy) is 1. The largest absolute Gasteiger partial charge is 0.444 e. The number of anilines is 2. The molecule has 4 aromatic rings. The minimum atomic E-state index is -0.458. The number of piperazine rings is 1. The molecule has 0 atom stereocenters. The summed E-state index contributed by atoms with van der Waals surface area (Å²) in [4.78, 5) is 22.3. The van der Waals surface area contributed by atoms with Crippen molar-refractivity contribution in [3.8, 4) is 5.69 Å². The van der Waals surface area contributed by atoms with E-state index in [1.54, 1.807) is 11.1 Å². The van der Waals surface area contributed by atoms with Crippen LogP contribution in [-0.2, 0) is 4.74 Å². The van der Waals surface area contributed by atoms with Crippen LogP contribution in [0, 0.1) is 0 Å². The zero-order valence-electron chi connectivity index (χ0n) is 25.0. The molecule has 9 heteroatoms. The van der Waals surface area contributed by atoms with E-state index >= 15 is 0 Å². The molecule has 1 amide bonds. The van der Waals surface area contributed by atoms with Crippen molar-refractivity contribution >= 4 is 40.1 Å². The summed E-state index contributed by atoms with van der Waals surface area (Å²) in [5.74, 6) is 1.11. The number of amides is 1. The second-order valence-electron chi connectivity index (χ2n) is 11.7. The Balaban J connectivity index is 0.964. The summed E-state index contributed by atoms with van der Waals surface area (Å²) in [6.07, 6.45) is 10.2. The van der Waals surface area contributed by atoms with Gasteiger partial charge >= 0.3 is 6.09 Å². The SMILES string of the molecule is CC(C)(C)OC(=O)N1CCN(c2ccc(NCCCCCCSc3ccnc4cc(-n5cccn5)ccc34)cc2)CC1. The molecular formula is C33H42N6O2S. The van der Waals surface area contributed by atoms with Gasteiger partial charge in [0.1, 0.15) is 5.60 Å². The molecule has 0 bridgehead atoms. The molecule has 1 N–H and O–H groups in total. The van der Waals surface area contributed by atoms with Gasteiger partial charge in [0.2, 0.25) is 0 Å². The van der Waals surface area contributed by atoms with Crippen LogP contribution in [0.2, 0.25) is 0 Å². The van der Waals surface area contributed by atoms with Crippen molar-refractivity contribution in [3.63, 3.8) is 0 Å². The molecular weight excluding hydrogens is 544 g/mol. The van der Waals surface area contributed by atoms with Crippen LogP contribution in [0.25, 0.3) is 16.6 Å². The van der Waals surface area contributed by atoms with Crippen molar-refractivity contribution in [2.24, 2.45) is 0 Å². The maximum absolute atomic E-state index is 12.3. The molecule has 0 aliphatic carbocycles.